The molecule has 0 bridgehead atoms. The van der Waals surface area contributed by atoms with Crippen molar-refractivity contribution in [3.05, 3.63) is 35.9 Å². The molecule has 5 atom stereocenters. The number of rotatable bonds is 4. The molecule has 1 aliphatic carbocycles. The van der Waals surface area contributed by atoms with E-state index in [2.05, 4.69) is 47.9 Å². The first kappa shape index (κ1) is 15.0. The van der Waals surface area contributed by atoms with Crippen molar-refractivity contribution in [1.82, 2.24) is 10.6 Å². The van der Waals surface area contributed by atoms with Crippen LogP contribution < -0.4 is 10.6 Å². The maximum Gasteiger partial charge on any atom is 0.0716 e. The van der Waals surface area contributed by atoms with Crippen LogP contribution in [-0.2, 0) is 0 Å². The standard InChI is InChI=1S/C18H28N2O/c1-13-7-15(14-5-3-2-4-6-14)9-17(8-13)20-11-16-10-19-12-18(16)21/h2-6,13,15-21H,7-12H2,1H3. The zero-order valence-corrected chi connectivity index (χ0v) is 13.0. The molecule has 3 rings (SSSR count). The Kier molecular flexibility index (Phi) is 4.94. The minimum atomic E-state index is -0.177. The van der Waals surface area contributed by atoms with E-state index in [0.717, 1.165) is 25.6 Å². The molecule has 1 heterocycles. The molecule has 0 spiro atoms. The van der Waals surface area contributed by atoms with Gasteiger partial charge in [-0.05, 0) is 36.7 Å². The van der Waals surface area contributed by atoms with Gasteiger partial charge in [0.25, 0.3) is 0 Å². The van der Waals surface area contributed by atoms with Gasteiger partial charge in [0.05, 0.1) is 6.10 Å². The quantitative estimate of drug-likeness (QED) is 0.795. The molecule has 1 saturated carbocycles. The molecule has 2 aliphatic rings. The van der Waals surface area contributed by atoms with Crippen LogP contribution in [0.25, 0.3) is 0 Å². The lowest BCUT2D eigenvalue weighted by molar-refractivity contribution is 0.141. The number of hydrogen-bond donors (Lipinski definition) is 3. The molecule has 0 radical (unpaired) electrons. The average molecular weight is 288 g/mol. The van der Waals surface area contributed by atoms with E-state index < -0.39 is 0 Å². The molecule has 5 unspecified atom stereocenters. The molecule has 116 valence electrons. The van der Waals surface area contributed by atoms with Crippen molar-refractivity contribution in [2.24, 2.45) is 11.8 Å². The SMILES string of the molecule is CC1CC(NCC2CNCC2O)CC(c2ccccc2)C1. The first-order valence-electron chi connectivity index (χ1n) is 8.39. The molecule has 2 fully saturated rings. The van der Waals surface area contributed by atoms with Gasteiger partial charge in [0.2, 0.25) is 0 Å². The number of hydrogen-bond acceptors (Lipinski definition) is 3. The molecule has 0 amide bonds. The molecule has 21 heavy (non-hydrogen) atoms. The van der Waals surface area contributed by atoms with E-state index in [-0.39, 0.29) is 6.10 Å². The topological polar surface area (TPSA) is 44.3 Å². The number of β-amino-alcohol motifs (C(OH)–C–C–N with tert-alkyl or cyclic N) is 1. The Morgan fingerprint density at radius 1 is 1.14 bits per heavy atom. The lowest BCUT2D eigenvalue weighted by Gasteiger charge is -2.35. The van der Waals surface area contributed by atoms with Crippen LogP contribution in [0.1, 0.15) is 37.7 Å². The molecular weight excluding hydrogens is 260 g/mol. The van der Waals surface area contributed by atoms with Crippen LogP contribution in [0.15, 0.2) is 30.3 Å². The summed E-state index contributed by atoms with van der Waals surface area (Å²) in [4.78, 5) is 0. The third-order valence-corrected chi connectivity index (χ3v) is 5.19. The first-order valence-corrected chi connectivity index (χ1v) is 8.39. The highest BCUT2D eigenvalue weighted by Crippen LogP contribution is 2.36. The molecule has 1 aromatic rings. The largest absolute Gasteiger partial charge is 0.391 e. The van der Waals surface area contributed by atoms with Gasteiger partial charge in [-0.3, -0.25) is 0 Å². The summed E-state index contributed by atoms with van der Waals surface area (Å²) in [6, 6.07) is 11.5. The summed E-state index contributed by atoms with van der Waals surface area (Å²) in [7, 11) is 0. The van der Waals surface area contributed by atoms with Gasteiger partial charge in [-0.1, -0.05) is 37.3 Å². The van der Waals surface area contributed by atoms with Gasteiger partial charge in [-0.25, -0.2) is 0 Å². The average Bonchev–Trinajstić information content (AvgIpc) is 2.91. The van der Waals surface area contributed by atoms with Gasteiger partial charge in [0.15, 0.2) is 0 Å². The van der Waals surface area contributed by atoms with Crippen molar-refractivity contribution < 1.29 is 5.11 Å². The Hall–Kier alpha value is -0.900. The zero-order chi connectivity index (χ0) is 14.7. The lowest BCUT2D eigenvalue weighted by atomic mass is 9.76. The van der Waals surface area contributed by atoms with Gasteiger partial charge >= 0.3 is 0 Å². The van der Waals surface area contributed by atoms with E-state index in [9.17, 15) is 5.11 Å². The number of aliphatic hydroxyl groups is 1. The minimum absolute atomic E-state index is 0.177. The molecule has 1 aliphatic heterocycles. The summed E-state index contributed by atoms with van der Waals surface area (Å²) in [6.07, 6.45) is 3.61. The normalized spacial score (nSPS) is 36.8. The van der Waals surface area contributed by atoms with E-state index >= 15 is 0 Å². The van der Waals surface area contributed by atoms with Crippen LogP contribution in [0.4, 0.5) is 0 Å². The van der Waals surface area contributed by atoms with E-state index in [1.807, 2.05) is 0 Å². The van der Waals surface area contributed by atoms with Gasteiger partial charge in [0, 0.05) is 31.6 Å². The van der Waals surface area contributed by atoms with E-state index in [0.29, 0.717) is 17.9 Å². The molecule has 0 aromatic heterocycles. The van der Waals surface area contributed by atoms with Crippen LogP contribution in [-0.4, -0.2) is 36.9 Å². The summed E-state index contributed by atoms with van der Waals surface area (Å²) in [5, 5.41) is 16.9. The second-order valence-corrected chi connectivity index (χ2v) is 7.01. The Bertz CT molecular complexity index is 436. The van der Waals surface area contributed by atoms with Crippen molar-refractivity contribution >= 4 is 0 Å². The predicted molar refractivity (Wildman–Crippen MR) is 86.4 cm³/mol. The summed E-state index contributed by atoms with van der Waals surface area (Å²) >= 11 is 0. The fourth-order valence-electron chi connectivity index (χ4n) is 4.01. The predicted octanol–water partition coefficient (Wildman–Crippen LogP) is 2.13. The number of nitrogens with one attached hydrogen (secondary N) is 2. The molecule has 1 aromatic carbocycles. The monoisotopic (exact) mass is 288 g/mol. The third-order valence-electron chi connectivity index (χ3n) is 5.19. The maximum atomic E-state index is 9.90. The van der Waals surface area contributed by atoms with Gasteiger partial charge in [-0.2, -0.15) is 0 Å². The Morgan fingerprint density at radius 2 is 1.95 bits per heavy atom. The van der Waals surface area contributed by atoms with Crippen LogP contribution >= 0.6 is 0 Å². The van der Waals surface area contributed by atoms with Gasteiger partial charge < -0.3 is 15.7 Å². The van der Waals surface area contributed by atoms with Gasteiger partial charge in [0.1, 0.15) is 0 Å². The van der Waals surface area contributed by atoms with Crippen LogP contribution in [0.3, 0.4) is 0 Å². The Morgan fingerprint density at radius 3 is 2.67 bits per heavy atom. The highest BCUT2D eigenvalue weighted by atomic mass is 16.3. The highest BCUT2D eigenvalue weighted by molar-refractivity contribution is 5.20. The van der Waals surface area contributed by atoms with Crippen molar-refractivity contribution in [1.29, 1.82) is 0 Å². The second-order valence-electron chi connectivity index (χ2n) is 7.01. The molecule has 1 saturated heterocycles. The van der Waals surface area contributed by atoms with E-state index in [1.165, 1.54) is 24.8 Å². The second kappa shape index (κ2) is 6.91. The molecular formula is C18H28N2O. The molecule has 3 N–H and O–H groups in total. The van der Waals surface area contributed by atoms with Crippen molar-refractivity contribution in [3.63, 3.8) is 0 Å². The smallest absolute Gasteiger partial charge is 0.0716 e. The maximum absolute atomic E-state index is 9.90. The third kappa shape index (κ3) is 3.85. The fraction of sp³-hybridized carbons (Fsp3) is 0.667. The van der Waals surface area contributed by atoms with Crippen LogP contribution in [0.2, 0.25) is 0 Å². The van der Waals surface area contributed by atoms with Crippen molar-refractivity contribution in [3.8, 4) is 0 Å². The lowest BCUT2D eigenvalue weighted by Crippen LogP contribution is -2.41. The highest BCUT2D eigenvalue weighted by Gasteiger charge is 2.29. The van der Waals surface area contributed by atoms with Crippen LogP contribution in [0.5, 0.6) is 0 Å². The Labute approximate surface area is 128 Å². The van der Waals surface area contributed by atoms with Crippen molar-refractivity contribution in [2.45, 2.75) is 44.2 Å². The molecule has 3 heteroatoms. The van der Waals surface area contributed by atoms with Crippen LogP contribution in [0, 0.1) is 11.8 Å². The number of benzene rings is 1. The van der Waals surface area contributed by atoms with Crippen molar-refractivity contribution in [2.75, 3.05) is 19.6 Å². The summed E-state index contributed by atoms with van der Waals surface area (Å²) in [6.45, 7) is 5.00. The first-order chi connectivity index (χ1) is 10.2. The summed E-state index contributed by atoms with van der Waals surface area (Å²) in [5.74, 6) is 1.82. The number of aliphatic hydroxyl groups excluding tert-OH is 1. The summed E-state index contributed by atoms with van der Waals surface area (Å²) < 4.78 is 0. The minimum Gasteiger partial charge on any atom is -0.391 e. The zero-order valence-electron chi connectivity index (χ0n) is 13.0. The van der Waals surface area contributed by atoms with E-state index in [4.69, 9.17) is 0 Å². The van der Waals surface area contributed by atoms with Gasteiger partial charge in [-0.15, -0.1) is 0 Å². The molecule has 3 nitrogen and oxygen atoms in total. The Balaban J connectivity index is 1.56. The van der Waals surface area contributed by atoms with E-state index in [1.54, 1.807) is 0 Å². The fourth-order valence-corrected chi connectivity index (χ4v) is 4.01. The summed E-state index contributed by atoms with van der Waals surface area (Å²) in [5.41, 5.74) is 1.48.